The fourth-order valence-electron chi connectivity index (χ4n) is 0.836. The van der Waals surface area contributed by atoms with Crippen molar-refractivity contribution in [3.8, 4) is 0 Å². The topological polar surface area (TPSA) is 24.7 Å². The summed E-state index contributed by atoms with van der Waals surface area (Å²) in [5.41, 5.74) is 0. The molecular formula is C8H4N2. The molecule has 46 valence electrons. The fourth-order valence-corrected chi connectivity index (χ4v) is 0.836. The highest BCUT2D eigenvalue weighted by Crippen LogP contribution is 1.69. The lowest BCUT2D eigenvalue weighted by atomic mass is 10.2. The fraction of sp³-hybridized carbons (Fsp3) is 0. The summed E-state index contributed by atoms with van der Waals surface area (Å²) in [6.45, 7) is 0. The first kappa shape index (κ1) is 5.19. The standard InChI is InChI=1S/C8H4N2/c1-2-4-8-6-10-9-5-7(8)3-1/h1-4H. The summed E-state index contributed by atoms with van der Waals surface area (Å²) < 4.78 is 0. The summed E-state index contributed by atoms with van der Waals surface area (Å²) >= 11 is 0. The normalized spacial score (nSPS) is 11.6. The minimum Gasteiger partial charge on any atom is -0.0962 e. The third-order valence-corrected chi connectivity index (χ3v) is 1.32. The second-order valence-corrected chi connectivity index (χ2v) is 1.97. The van der Waals surface area contributed by atoms with E-state index in [1.165, 1.54) is 0 Å². The monoisotopic (exact) mass is 128 g/mol. The third kappa shape index (κ3) is 0.688. The van der Waals surface area contributed by atoms with Gasteiger partial charge in [0.05, 0.1) is 10.4 Å². The Morgan fingerprint density at radius 1 is 0.900 bits per heavy atom. The summed E-state index contributed by atoms with van der Waals surface area (Å²) in [5, 5.41) is 9.08. The highest BCUT2D eigenvalue weighted by molar-refractivity contribution is 5.62. The van der Waals surface area contributed by atoms with E-state index in [2.05, 4.69) is 21.9 Å². The van der Waals surface area contributed by atoms with Crippen LogP contribution in [0.4, 0.5) is 0 Å². The van der Waals surface area contributed by atoms with Crippen LogP contribution in [0.15, 0.2) is 34.5 Å². The molecule has 2 heteroatoms. The molecule has 10 heavy (non-hydrogen) atoms. The van der Waals surface area contributed by atoms with Gasteiger partial charge in [0.1, 0.15) is 0 Å². The number of rotatable bonds is 0. The molecule has 1 heterocycles. The van der Waals surface area contributed by atoms with E-state index >= 15 is 0 Å². The van der Waals surface area contributed by atoms with E-state index in [9.17, 15) is 0 Å². The van der Waals surface area contributed by atoms with Gasteiger partial charge in [0.2, 0.25) is 0 Å². The van der Waals surface area contributed by atoms with Gasteiger partial charge in [-0.05, 0) is 12.1 Å². The minimum atomic E-state index is 0.956. The predicted octanol–water partition coefficient (Wildman–Crippen LogP) is -0.702. The van der Waals surface area contributed by atoms with E-state index < -0.39 is 0 Å². The summed E-state index contributed by atoms with van der Waals surface area (Å²) in [6.07, 6.45) is 0. The van der Waals surface area contributed by atoms with E-state index in [1.54, 1.807) is 0 Å². The van der Waals surface area contributed by atoms with E-state index in [0.29, 0.717) is 0 Å². The van der Waals surface area contributed by atoms with Crippen molar-refractivity contribution < 1.29 is 0 Å². The Hall–Kier alpha value is -1.62. The molecular weight excluding hydrogens is 124 g/mol. The van der Waals surface area contributed by atoms with Crippen molar-refractivity contribution in [1.29, 1.82) is 0 Å². The number of nitrogens with zero attached hydrogens (tertiary/aromatic N) is 2. The Kier molecular flexibility index (Phi) is 1.02. The van der Waals surface area contributed by atoms with Crippen LogP contribution in [0, 0.1) is 0 Å². The number of benzene rings is 1. The van der Waals surface area contributed by atoms with Crippen LogP contribution in [0.1, 0.15) is 0 Å². The molecule has 0 fully saturated rings. The second kappa shape index (κ2) is 1.96. The van der Waals surface area contributed by atoms with Gasteiger partial charge in [-0.2, -0.15) is 0 Å². The van der Waals surface area contributed by atoms with Gasteiger partial charge in [-0.15, -0.1) is 0 Å². The van der Waals surface area contributed by atoms with Gasteiger partial charge >= 0.3 is 0 Å². The molecule has 0 N–H and O–H groups in total. The molecule has 2 rings (SSSR count). The van der Waals surface area contributed by atoms with Gasteiger partial charge in [-0.3, -0.25) is 0 Å². The van der Waals surface area contributed by atoms with Crippen LogP contribution in [0.3, 0.4) is 0 Å². The van der Waals surface area contributed by atoms with Gasteiger partial charge in [-0.25, -0.2) is 0 Å². The first-order chi connectivity index (χ1) is 4.97. The van der Waals surface area contributed by atoms with Crippen LogP contribution in [-0.4, -0.2) is 11.7 Å². The molecule has 0 amide bonds. The van der Waals surface area contributed by atoms with Crippen molar-refractivity contribution in [2.75, 3.05) is 0 Å². The maximum Gasteiger partial charge on any atom is 0.0546 e. The van der Waals surface area contributed by atoms with Crippen molar-refractivity contribution in [2.45, 2.75) is 0 Å². The summed E-state index contributed by atoms with van der Waals surface area (Å²) in [4.78, 5) is 0. The van der Waals surface area contributed by atoms with Crippen LogP contribution in [-0.2, 0) is 0 Å². The smallest absolute Gasteiger partial charge is 0.0546 e. The highest BCUT2D eigenvalue weighted by Gasteiger charge is 1.82. The molecule has 0 saturated heterocycles. The first-order valence-electron chi connectivity index (χ1n) is 2.97. The van der Waals surface area contributed by atoms with Crippen LogP contribution < -0.4 is 10.4 Å². The Bertz CT molecular complexity index is 390. The average molecular weight is 128 g/mol. The van der Waals surface area contributed by atoms with Crippen molar-refractivity contribution in [3.63, 3.8) is 0 Å². The zero-order valence-corrected chi connectivity index (χ0v) is 5.20. The van der Waals surface area contributed by atoms with Crippen molar-refractivity contribution in [2.24, 2.45) is 10.2 Å². The van der Waals surface area contributed by atoms with Gasteiger partial charge in [0.15, 0.2) is 0 Å². The summed E-state index contributed by atoms with van der Waals surface area (Å²) in [6, 6.07) is 7.74. The Balaban J connectivity index is 3.15. The van der Waals surface area contributed by atoms with Crippen LogP contribution >= 0.6 is 0 Å². The lowest BCUT2D eigenvalue weighted by molar-refractivity contribution is 1.26. The lowest BCUT2D eigenvalue weighted by Gasteiger charge is -1.82. The zero-order chi connectivity index (χ0) is 6.81. The van der Waals surface area contributed by atoms with Crippen LogP contribution in [0.5, 0.6) is 0 Å². The van der Waals surface area contributed by atoms with E-state index in [4.69, 9.17) is 0 Å². The molecule has 0 spiro atoms. The Morgan fingerprint density at radius 2 is 1.40 bits per heavy atom. The van der Waals surface area contributed by atoms with Crippen LogP contribution in [0.25, 0.3) is 0 Å². The highest BCUT2D eigenvalue weighted by atomic mass is 15.2. The van der Waals surface area contributed by atoms with E-state index in [0.717, 1.165) is 10.4 Å². The Morgan fingerprint density at radius 3 is 1.90 bits per heavy atom. The minimum absolute atomic E-state index is 0.956. The molecule has 0 radical (unpaired) electrons. The third-order valence-electron chi connectivity index (χ3n) is 1.32. The molecule has 1 aromatic carbocycles. The van der Waals surface area contributed by atoms with Gasteiger partial charge in [0, 0.05) is 11.7 Å². The average Bonchev–Trinajstić information content (AvgIpc) is 2.05. The quantitative estimate of drug-likeness (QED) is 0.441. The largest absolute Gasteiger partial charge is 0.0962 e. The molecule has 0 saturated carbocycles. The molecule has 0 unspecified atom stereocenters. The van der Waals surface area contributed by atoms with E-state index in [-0.39, 0.29) is 0 Å². The lowest BCUT2D eigenvalue weighted by Crippen LogP contribution is -2.27. The maximum atomic E-state index is 3.58. The molecule has 1 aromatic rings. The number of hydrogen-bond acceptors (Lipinski definition) is 2. The Labute approximate surface area is 57.5 Å². The molecule has 1 aliphatic rings. The van der Waals surface area contributed by atoms with Gasteiger partial charge < -0.3 is 0 Å². The predicted molar refractivity (Wildman–Crippen MR) is 38.8 cm³/mol. The van der Waals surface area contributed by atoms with Gasteiger partial charge in [0.25, 0.3) is 0 Å². The second-order valence-electron chi connectivity index (χ2n) is 1.97. The summed E-state index contributed by atoms with van der Waals surface area (Å²) in [5.74, 6) is 5.52. The zero-order valence-electron chi connectivity index (χ0n) is 5.20. The van der Waals surface area contributed by atoms with Crippen molar-refractivity contribution in [1.82, 2.24) is 0 Å². The van der Waals surface area contributed by atoms with Crippen molar-refractivity contribution in [3.05, 3.63) is 34.7 Å². The van der Waals surface area contributed by atoms with Crippen molar-refractivity contribution >= 4 is 11.7 Å². The number of hydrogen-bond donors (Lipinski definition) is 0. The molecule has 2 nitrogen and oxygen atoms in total. The molecule has 0 aromatic heterocycles. The SMILES string of the molecule is C1=NN=C=c2ccccc2=1. The molecule has 0 aliphatic carbocycles. The van der Waals surface area contributed by atoms with E-state index in [1.807, 2.05) is 24.3 Å². The molecule has 0 atom stereocenters. The molecule has 0 bridgehead atoms. The number of fused-ring (bicyclic) bond motifs is 1. The van der Waals surface area contributed by atoms with Crippen LogP contribution in [0.2, 0.25) is 0 Å². The maximum absolute atomic E-state index is 3.58. The van der Waals surface area contributed by atoms with Gasteiger partial charge in [-0.1, -0.05) is 22.3 Å². The summed E-state index contributed by atoms with van der Waals surface area (Å²) in [7, 11) is 0. The first-order valence-corrected chi connectivity index (χ1v) is 2.97. The molecule has 1 aliphatic heterocycles.